The van der Waals surface area contributed by atoms with E-state index in [4.69, 9.17) is 23.2 Å². The average molecular weight is 319 g/mol. The van der Waals surface area contributed by atoms with E-state index in [9.17, 15) is 4.39 Å². The first-order valence-corrected chi connectivity index (χ1v) is 7.52. The molecule has 21 heavy (non-hydrogen) atoms. The zero-order chi connectivity index (χ0) is 14.8. The van der Waals surface area contributed by atoms with Crippen LogP contribution >= 0.6 is 23.2 Å². The third-order valence-electron chi connectivity index (χ3n) is 3.55. The molecule has 0 saturated heterocycles. The molecule has 0 radical (unpaired) electrons. The number of hydrogen-bond acceptors (Lipinski definition) is 0. The Kier molecular flexibility index (Phi) is 4.14. The van der Waals surface area contributed by atoms with Crippen LogP contribution in [0.15, 0.2) is 60.7 Å². The second kappa shape index (κ2) is 6.05. The van der Waals surface area contributed by atoms with Gasteiger partial charge in [0, 0.05) is 10.4 Å². The summed E-state index contributed by atoms with van der Waals surface area (Å²) < 4.78 is 13.3. The normalized spacial score (nSPS) is 12.5. The highest BCUT2D eigenvalue weighted by molar-refractivity contribution is 6.35. The van der Waals surface area contributed by atoms with Crippen molar-refractivity contribution in [3.8, 4) is 0 Å². The van der Waals surface area contributed by atoms with Gasteiger partial charge in [0.25, 0.3) is 0 Å². The standard InChI is InChI=1S/C18H13Cl2F/c19-17-9-8-16(14-6-1-2-7-15(14)17)18(20)11-12-4-3-5-13(21)10-12/h1-10,18H,11H2. The Morgan fingerprint density at radius 3 is 2.43 bits per heavy atom. The molecular weight excluding hydrogens is 306 g/mol. The second-order valence-corrected chi connectivity index (χ2v) is 5.92. The summed E-state index contributed by atoms with van der Waals surface area (Å²) in [5.74, 6) is -0.239. The molecule has 0 heterocycles. The van der Waals surface area contributed by atoms with Gasteiger partial charge in [-0.3, -0.25) is 0 Å². The van der Waals surface area contributed by atoms with E-state index in [1.165, 1.54) is 12.1 Å². The van der Waals surface area contributed by atoms with Gasteiger partial charge in [0.1, 0.15) is 5.82 Å². The zero-order valence-electron chi connectivity index (χ0n) is 11.2. The van der Waals surface area contributed by atoms with Crippen LogP contribution in [-0.2, 0) is 6.42 Å². The molecule has 106 valence electrons. The van der Waals surface area contributed by atoms with E-state index in [1.54, 1.807) is 6.07 Å². The zero-order valence-corrected chi connectivity index (χ0v) is 12.7. The molecule has 0 nitrogen and oxygen atoms in total. The molecule has 3 heteroatoms. The maximum atomic E-state index is 13.3. The summed E-state index contributed by atoms with van der Waals surface area (Å²) in [5, 5.41) is 2.51. The van der Waals surface area contributed by atoms with Gasteiger partial charge in [-0.1, -0.05) is 54.1 Å². The Morgan fingerprint density at radius 1 is 0.905 bits per heavy atom. The summed E-state index contributed by atoms with van der Waals surface area (Å²) in [6.07, 6.45) is 0.574. The van der Waals surface area contributed by atoms with E-state index < -0.39 is 0 Å². The summed E-state index contributed by atoms with van der Waals surface area (Å²) in [6.45, 7) is 0. The molecule has 0 N–H and O–H groups in total. The lowest BCUT2D eigenvalue weighted by atomic mass is 9.98. The Hall–Kier alpha value is -1.57. The van der Waals surface area contributed by atoms with Crippen molar-refractivity contribution in [3.63, 3.8) is 0 Å². The van der Waals surface area contributed by atoms with Crippen LogP contribution in [-0.4, -0.2) is 0 Å². The molecule has 3 aromatic carbocycles. The van der Waals surface area contributed by atoms with Crippen molar-refractivity contribution in [1.29, 1.82) is 0 Å². The molecule has 0 aliphatic heterocycles. The van der Waals surface area contributed by atoms with Gasteiger partial charge in [-0.15, -0.1) is 11.6 Å². The Morgan fingerprint density at radius 2 is 1.67 bits per heavy atom. The Balaban J connectivity index is 1.98. The van der Waals surface area contributed by atoms with E-state index in [0.717, 1.165) is 21.9 Å². The SMILES string of the molecule is Fc1cccc(CC(Cl)c2ccc(Cl)c3ccccc23)c1. The molecule has 3 aromatic rings. The van der Waals surface area contributed by atoms with Crippen molar-refractivity contribution >= 4 is 34.0 Å². The largest absolute Gasteiger partial charge is 0.207 e. The smallest absolute Gasteiger partial charge is 0.123 e. The van der Waals surface area contributed by atoms with E-state index in [-0.39, 0.29) is 11.2 Å². The monoisotopic (exact) mass is 318 g/mol. The lowest BCUT2D eigenvalue weighted by Gasteiger charge is -2.14. The summed E-state index contributed by atoms with van der Waals surface area (Å²) in [4.78, 5) is 0. The fraction of sp³-hybridized carbons (Fsp3) is 0.111. The molecule has 0 saturated carbocycles. The van der Waals surface area contributed by atoms with Crippen LogP contribution in [0.3, 0.4) is 0 Å². The number of rotatable bonds is 3. The lowest BCUT2D eigenvalue weighted by Crippen LogP contribution is -1.97. The van der Waals surface area contributed by atoms with Crippen molar-refractivity contribution in [3.05, 3.63) is 82.6 Å². The maximum Gasteiger partial charge on any atom is 0.123 e. The summed E-state index contributed by atoms with van der Waals surface area (Å²) in [5.41, 5.74) is 1.90. The molecule has 3 rings (SSSR count). The highest BCUT2D eigenvalue weighted by Crippen LogP contribution is 2.34. The molecule has 0 aliphatic carbocycles. The van der Waals surface area contributed by atoms with E-state index in [2.05, 4.69) is 0 Å². The third kappa shape index (κ3) is 3.04. The summed E-state index contributed by atoms with van der Waals surface area (Å²) >= 11 is 12.8. The Labute approximate surface area is 133 Å². The molecule has 0 amide bonds. The molecular formula is C18H13Cl2F. The number of hydrogen-bond donors (Lipinski definition) is 0. The number of alkyl halides is 1. The van der Waals surface area contributed by atoms with Gasteiger partial charge in [-0.2, -0.15) is 0 Å². The van der Waals surface area contributed by atoms with Crippen molar-refractivity contribution in [1.82, 2.24) is 0 Å². The topological polar surface area (TPSA) is 0 Å². The quantitative estimate of drug-likeness (QED) is 0.508. The predicted molar refractivity (Wildman–Crippen MR) is 87.7 cm³/mol. The average Bonchev–Trinajstić information content (AvgIpc) is 2.48. The predicted octanol–water partition coefficient (Wildman–Crippen LogP) is 6.15. The first-order chi connectivity index (χ1) is 10.1. The molecule has 0 aromatic heterocycles. The first kappa shape index (κ1) is 14.4. The van der Waals surface area contributed by atoms with E-state index >= 15 is 0 Å². The maximum absolute atomic E-state index is 13.3. The van der Waals surface area contributed by atoms with Crippen LogP contribution in [0.1, 0.15) is 16.5 Å². The van der Waals surface area contributed by atoms with Crippen LogP contribution < -0.4 is 0 Å². The van der Waals surface area contributed by atoms with Gasteiger partial charge in [0.05, 0.1) is 5.38 Å². The fourth-order valence-electron chi connectivity index (χ4n) is 2.54. The molecule has 0 aliphatic rings. The minimum absolute atomic E-state index is 0.228. The minimum Gasteiger partial charge on any atom is -0.207 e. The lowest BCUT2D eigenvalue weighted by molar-refractivity contribution is 0.625. The molecule has 1 unspecified atom stereocenters. The number of fused-ring (bicyclic) bond motifs is 1. The molecule has 0 spiro atoms. The number of halogens is 3. The van der Waals surface area contributed by atoms with Gasteiger partial charge >= 0.3 is 0 Å². The highest BCUT2D eigenvalue weighted by atomic mass is 35.5. The third-order valence-corrected chi connectivity index (χ3v) is 4.26. The summed E-state index contributed by atoms with van der Waals surface area (Å²) in [7, 11) is 0. The molecule has 1 atom stereocenters. The fourth-order valence-corrected chi connectivity index (χ4v) is 3.14. The van der Waals surface area contributed by atoms with Crippen molar-refractivity contribution < 1.29 is 4.39 Å². The van der Waals surface area contributed by atoms with Crippen LogP contribution in [0.25, 0.3) is 10.8 Å². The van der Waals surface area contributed by atoms with Crippen molar-refractivity contribution in [2.24, 2.45) is 0 Å². The van der Waals surface area contributed by atoms with Gasteiger partial charge < -0.3 is 0 Å². The van der Waals surface area contributed by atoms with Crippen LogP contribution in [0.4, 0.5) is 4.39 Å². The first-order valence-electron chi connectivity index (χ1n) is 6.71. The van der Waals surface area contributed by atoms with Crippen molar-refractivity contribution in [2.75, 3.05) is 0 Å². The number of benzene rings is 3. The highest BCUT2D eigenvalue weighted by Gasteiger charge is 2.14. The molecule has 0 fully saturated rings. The van der Waals surface area contributed by atoms with Crippen molar-refractivity contribution in [2.45, 2.75) is 11.8 Å². The summed E-state index contributed by atoms with van der Waals surface area (Å²) in [6, 6.07) is 18.3. The van der Waals surface area contributed by atoms with Gasteiger partial charge in [-0.25, -0.2) is 4.39 Å². The van der Waals surface area contributed by atoms with Crippen LogP contribution in [0, 0.1) is 5.82 Å². The second-order valence-electron chi connectivity index (χ2n) is 4.98. The minimum atomic E-state index is -0.239. The van der Waals surface area contributed by atoms with Crippen LogP contribution in [0.5, 0.6) is 0 Å². The van der Waals surface area contributed by atoms with Crippen LogP contribution in [0.2, 0.25) is 5.02 Å². The Bertz CT molecular complexity index is 783. The van der Waals surface area contributed by atoms with E-state index in [1.807, 2.05) is 42.5 Å². The van der Waals surface area contributed by atoms with Gasteiger partial charge in [-0.05, 0) is 41.1 Å². The molecule has 0 bridgehead atoms. The van der Waals surface area contributed by atoms with Gasteiger partial charge in [0.2, 0.25) is 0 Å². The van der Waals surface area contributed by atoms with E-state index in [0.29, 0.717) is 11.4 Å². The van der Waals surface area contributed by atoms with Gasteiger partial charge in [0.15, 0.2) is 0 Å².